The van der Waals surface area contributed by atoms with E-state index < -0.39 is 0 Å². The fourth-order valence-corrected chi connectivity index (χ4v) is 1.96. The van der Waals surface area contributed by atoms with Crippen LogP contribution in [0.2, 0.25) is 0 Å². The van der Waals surface area contributed by atoms with Crippen LogP contribution in [0.1, 0.15) is 64.4 Å². The van der Waals surface area contributed by atoms with Crippen molar-refractivity contribution in [3.63, 3.8) is 0 Å². The van der Waals surface area contributed by atoms with E-state index in [4.69, 9.17) is 0 Å². The molecule has 2 N–H and O–H groups in total. The van der Waals surface area contributed by atoms with Gasteiger partial charge in [0.15, 0.2) is 0 Å². The Hall–Kier alpha value is -1.32. The largest absolute Gasteiger partial charge is 0.311 e. The van der Waals surface area contributed by atoms with Gasteiger partial charge >= 0.3 is 0 Å². The topological polar surface area (TPSA) is 57.8 Å². The number of hydrogen-bond acceptors (Lipinski definition) is 2. The zero-order chi connectivity index (χ0) is 13.2. The number of anilines is 1. The van der Waals surface area contributed by atoms with Crippen LogP contribution in [0.3, 0.4) is 0 Å². The SMILES string of the molecule is CCCCCCCCC(=O)Nc1[nH]ncc1CC. The molecule has 1 rings (SSSR count). The van der Waals surface area contributed by atoms with Crippen LogP contribution < -0.4 is 5.32 Å². The third-order valence-electron chi connectivity index (χ3n) is 3.12. The van der Waals surface area contributed by atoms with Gasteiger partial charge in [0.05, 0.1) is 6.20 Å². The number of amides is 1. The van der Waals surface area contributed by atoms with Crippen LogP contribution in [0.5, 0.6) is 0 Å². The number of carbonyl (C=O) groups excluding carboxylic acids is 1. The third-order valence-corrected chi connectivity index (χ3v) is 3.12. The highest BCUT2D eigenvalue weighted by Gasteiger charge is 2.07. The van der Waals surface area contributed by atoms with E-state index in [1.807, 2.05) is 6.92 Å². The molecule has 1 heterocycles. The summed E-state index contributed by atoms with van der Waals surface area (Å²) in [5.74, 6) is 0.845. The molecule has 4 heteroatoms. The molecule has 1 aromatic heterocycles. The minimum atomic E-state index is 0.0874. The van der Waals surface area contributed by atoms with Gasteiger partial charge in [0.25, 0.3) is 0 Å². The number of unbranched alkanes of at least 4 members (excludes halogenated alkanes) is 5. The number of carbonyl (C=O) groups is 1. The molecule has 0 aliphatic carbocycles. The quantitative estimate of drug-likeness (QED) is 0.658. The van der Waals surface area contributed by atoms with Gasteiger partial charge in [-0.15, -0.1) is 0 Å². The highest BCUT2D eigenvalue weighted by molar-refractivity contribution is 5.90. The number of H-pyrrole nitrogens is 1. The monoisotopic (exact) mass is 251 g/mol. The molecule has 0 unspecified atom stereocenters. The van der Waals surface area contributed by atoms with Crippen LogP contribution in [-0.4, -0.2) is 16.1 Å². The van der Waals surface area contributed by atoms with Crippen molar-refractivity contribution in [2.75, 3.05) is 5.32 Å². The van der Waals surface area contributed by atoms with E-state index in [0.29, 0.717) is 6.42 Å². The molecule has 0 spiro atoms. The van der Waals surface area contributed by atoms with Crippen LogP contribution in [0.25, 0.3) is 0 Å². The molecule has 102 valence electrons. The minimum Gasteiger partial charge on any atom is -0.311 e. The molecule has 18 heavy (non-hydrogen) atoms. The average Bonchev–Trinajstić information content (AvgIpc) is 2.80. The van der Waals surface area contributed by atoms with Crippen LogP contribution in [0.15, 0.2) is 6.20 Å². The number of aromatic nitrogens is 2. The first-order chi connectivity index (χ1) is 8.77. The molecule has 1 amide bonds. The number of rotatable bonds is 9. The summed E-state index contributed by atoms with van der Waals surface area (Å²) in [5.41, 5.74) is 1.06. The van der Waals surface area contributed by atoms with Gasteiger partial charge in [0, 0.05) is 12.0 Å². The highest BCUT2D eigenvalue weighted by atomic mass is 16.1. The van der Waals surface area contributed by atoms with Crippen molar-refractivity contribution in [2.45, 2.75) is 65.2 Å². The molecule has 4 nitrogen and oxygen atoms in total. The fraction of sp³-hybridized carbons (Fsp3) is 0.714. The molecule has 0 aliphatic heterocycles. The van der Waals surface area contributed by atoms with Gasteiger partial charge in [0.2, 0.25) is 5.91 Å². The van der Waals surface area contributed by atoms with Gasteiger partial charge in [-0.05, 0) is 12.8 Å². The molecular formula is C14H25N3O. The maximum Gasteiger partial charge on any atom is 0.225 e. The Morgan fingerprint density at radius 2 is 1.94 bits per heavy atom. The number of nitrogens with one attached hydrogen (secondary N) is 2. The highest BCUT2D eigenvalue weighted by Crippen LogP contribution is 2.12. The molecule has 0 aliphatic rings. The van der Waals surface area contributed by atoms with Crippen molar-refractivity contribution in [1.82, 2.24) is 10.2 Å². The van der Waals surface area contributed by atoms with Gasteiger partial charge < -0.3 is 5.32 Å². The summed E-state index contributed by atoms with van der Waals surface area (Å²) in [4.78, 5) is 11.7. The molecular weight excluding hydrogens is 226 g/mol. The predicted octanol–water partition coefficient (Wildman–Crippen LogP) is 3.66. The van der Waals surface area contributed by atoms with E-state index in [1.54, 1.807) is 6.20 Å². The second-order valence-electron chi connectivity index (χ2n) is 4.69. The van der Waals surface area contributed by atoms with E-state index in [-0.39, 0.29) is 5.91 Å². The number of hydrogen-bond donors (Lipinski definition) is 2. The second kappa shape index (κ2) is 8.72. The summed E-state index contributed by atoms with van der Waals surface area (Å²) in [6.07, 6.45) is 10.5. The van der Waals surface area contributed by atoms with Gasteiger partial charge in [0.1, 0.15) is 5.82 Å². The normalized spacial score (nSPS) is 10.6. The molecule has 0 saturated heterocycles. The van der Waals surface area contributed by atoms with Gasteiger partial charge in [-0.3, -0.25) is 9.89 Å². The van der Waals surface area contributed by atoms with Crippen molar-refractivity contribution in [3.05, 3.63) is 11.8 Å². The maximum atomic E-state index is 11.7. The van der Waals surface area contributed by atoms with Crippen molar-refractivity contribution in [3.8, 4) is 0 Å². The molecule has 0 radical (unpaired) electrons. The van der Waals surface area contributed by atoms with E-state index in [0.717, 1.165) is 30.6 Å². The summed E-state index contributed by atoms with van der Waals surface area (Å²) in [6.45, 7) is 4.26. The van der Waals surface area contributed by atoms with Gasteiger partial charge in [-0.1, -0.05) is 46.0 Å². The summed E-state index contributed by atoms with van der Waals surface area (Å²) in [6, 6.07) is 0. The Balaban J connectivity index is 2.14. The predicted molar refractivity (Wildman–Crippen MR) is 74.6 cm³/mol. The minimum absolute atomic E-state index is 0.0874. The smallest absolute Gasteiger partial charge is 0.225 e. The standard InChI is InChI=1S/C14H25N3O/c1-3-5-6-7-8-9-10-13(18)16-14-12(4-2)11-15-17-14/h11H,3-10H2,1-2H3,(H2,15,16,17,18). The lowest BCUT2D eigenvalue weighted by atomic mass is 10.1. The Bertz CT molecular complexity index is 347. The zero-order valence-electron chi connectivity index (χ0n) is 11.6. The number of aryl methyl sites for hydroxylation is 1. The molecule has 1 aromatic rings. The average molecular weight is 251 g/mol. The summed E-state index contributed by atoms with van der Waals surface area (Å²) in [5, 5.41) is 9.65. The van der Waals surface area contributed by atoms with E-state index in [9.17, 15) is 4.79 Å². The lowest BCUT2D eigenvalue weighted by molar-refractivity contribution is -0.116. The molecule has 0 aromatic carbocycles. The summed E-state index contributed by atoms with van der Waals surface area (Å²) in [7, 11) is 0. The van der Waals surface area contributed by atoms with Crippen molar-refractivity contribution >= 4 is 11.7 Å². The van der Waals surface area contributed by atoms with E-state index in [1.165, 1.54) is 25.7 Å². The Labute approximate surface area is 110 Å². The Morgan fingerprint density at radius 3 is 2.67 bits per heavy atom. The first-order valence-corrected chi connectivity index (χ1v) is 7.10. The molecule has 0 atom stereocenters. The molecule has 0 saturated carbocycles. The van der Waals surface area contributed by atoms with E-state index >= 15 is 0 Å². The maximum absolute atomic E-state index is 11.7. The van der Waals surface area contributed by atoms with Crippen LogP contribution in [-0.2, 0) is 11.2 Å². The van der Waals surface area contributed by atoms with Crippen LogP contribution >= 0.6 is 0 Å². The lowest BCUT2D eigenvalue weighted by Gasteiger charge is -2.04. The van der Waals surface area contributed by atoms with Crippen LogP contribution in [0.4, 0.5) is 5.82 Å². The zero-order valence-corrected chi connectivity index (χ0v) is 11.6. The van der Waals surface area contributed by atoms with Crippen LogP contribution in [0, 0.1) is 0 Å². The van der Waals surface area contributed by atoms with Crippen molar-refractivity contribution < 1.29 is 4.79 Å². The lowest BCUT2D eigenvalue weighted by Crippen LogP contribution is -2.12. The van der Waals surface area contributed by atoms with Gasteiger partial charge in [-0.25, -0.2) is 0 Å². The first kappa shape index (κ1) is 14.7. The second-order valence-corrected chi connectivity index (χ2v) is 4.69. The Kier molecular flexibility index (Phi) is 7.14. The fourth-order valence-electron chi connectivity index (χ4n) is 1.96. The van der Waals surface area contributed by atoms with Crippen molar-refractivity contribution in [1.29, 1.82) is 0 Å². The van der Waals surface area contributed by atoms with Gasteiger partial charge in [-0.2, -0.15) is 5.10 Å². The number of aromatic amines is 1. The number of nitrogens with zero attached hydrogens (tertiary/aromatic N) is 1. The molecule has 0 bridgehead atoms. The third kappa shape index (κ3) is 5.34. The Morgan fingerprint density at radius 1 is 1.22 bits per heavy atom. The summed E-state index contributed by atoms with van der Waals surface area (Å²) < 4.78 is 0. The molecule has 0 fully saturated rings. The van der Waals surface area contributed by atoms with Crippen molar-refractivity contribution in [2.24, 2.45) is 0 Å². The first-order valence-electron chi connectivity index (χ1n) is 7.10. The van der Waals surface area contributed by atoms with E-state index in [2.05, 4.69) is 22.4 Å². The summed E-state index contributed by atoms with van der Waals surface area (Å²) >= 11 is 0.